The van der Waals surface area contributed by atoms with Crippen molar-refractivity contribution in [2.24, 2.45) is 0 Å². The summed E-state index contributed by atoms with van der Waals surface area (Å²) in [5, 5.41) is 9.25. The van der Waals surface area contributed by atoms with Crippen LogP contribution >= 0.6 is 24.8 Å². The third-order valence-corrected chi connectivity index (χ3v) is 8.91. The predicted octanol–water partition coefficient (Wildman–Crippen LogP) is 7.20. The molecule has 0 aliphatic carbocycles. The van der Waals surface area contributed by atoms with E-state index in [-0.39, 0.29) is 52.0 Å². The lowest BCUT2D eigenvalue weighted by molar-refractivity contribution is 0.130. The molecule has 0 radical (unpaired) electrons. The van der Waals surface area contributed by atoms with Gasteiger partial charge in [-0.15, -0.1) is 11.3 Å². The minimum atomic E-state index is -3.99. The zero-order chi connectivity index (χ0) is 30.5. The normalized spacial score (nSPS) is 14.4. The van der Waals surface area contributed by atoms with Crippen molar-refractivity contribution in [3.05, 3.63) is 48.7 Å². The van der Waals surface area contributed by atoms with Gasteiger partial charge in [-0.2, -0.15) is 13.5 Å². The van der Waals surface area contributed by atoms with Gasteiger partial charge in [0.15, 0.2) is 0 Å². The van der Waals surface area contributed by atoms with Crippen LogP contribution < -0.4 is 20.7 Å². The number of nitrogens with zero attached hydrogens (tertiary/aromatic N) is 1. The maximum absolute atomic E-state index is 13.5. The van der Waals surface area contributed by atoms with E-state index < -0.39 is 27.7 Å². The van der Waals surface area contributed by atoms with Gasteiger partial charge in [0.1, 0.15) is 11.6 Å². The molecule has 0 spiro atoms. The molecule has 4 rings (SSSR count). The highest BCUT2D eigenvalue weighted by Gasteiger charge is 2.27. The monoisotopic (exact) mass is 681 g/mol. The number of nitrogens with one attached hydrogen (secondary N) is 4. The number of sulfonamides is 1. The van der Waals surface area contributed by atoms with Crippen LogP contribution in [0.15, 0.2) is 53.6 Å². The number of rotatable bonds is 9. The van der Waals surface area contributed by atoms with Gasteiger partial charge in [-0.05, 0) is 90.4 Å². The Balaban J connectivity index is 0.00000337. The van der Waals surface area contributed by atoms with E-state index in [4.69, 9.17) is 9.47 Å². The van der Waals surface area contributed by atoms with Gasteiger partial charge in [0.2, 0.25) is 10.0 Å². The van der Waals surface area contributed by atoms with Crippen LogP contribution in [0.4, 0.5) is 21.0 Å². The number of benzene rings is 2. The summed E-state index contributed by atoms with van der Waals surface area (Å²) in [7, 11) is -3.99. The van der Waals surface area contributed by atoms with Gasteiger partial charge < -0.3 is 14.8 Å². The van der Waals surface area contributed by atoms with E-state index in [2.05, 4.69) is 25.7 Å². The highest BCUT2D eigenvalue weighted by molar-refractivity contribution is 7.89. The van der Waals surface area contributed by atoms with Crippen LogP contribution in [0.5, 0.6) is 0 Å². The predicted molar refractivity (Wildman–Crippen MR) is 188 cm³/mol. The van der Waals surface area contributed by atoms with Crippen LogP contribution in [0.3, 0.4) is 0 Å². The molecule has 0 unspecified atom stereocenters. The lowest BCUT2D eigenvalue weighted by Crippen LogP contribution is -2.40. The quantitative estimate of drug-likeness (QED) is 0.185. The maximum Gasteiger partial charge on any atom is 0.411 e. The van der Waals surface area contributed by atoms with E-state index in [9.17, 15) is 18.0 Å². The standard InChI is InChI=1S/C29H37N5O6S2.2CH4.H2S/c1-18(2)40-28(36)32-20-10-8-19(9-11-20)26-31-16-24(41-26)23-13-12-21(15-25(23)42(37,38)34-29(3,4)5)33-27(35)39-17-22-7-6-14-30-22;;;/h8-13,15-16,18,22,30,34H,6-7,14,17H2,1-5H3,(H,32,36)(H,33,35);2*1H4;1H2/t22-;;;/m0.../s1. The zero-order valence-corrected chi connectivity index (χ0v) is 27.4. The van der Waals surface area contributed by atoms with Crippen molar-refractivity contribution in [3.63, 3.8) is 0 Å². The number of hydrogen-bond donors (Lipinski definition) is 4. The number of aromatic nitrogens is 1. The fraction of sp³-hybridized carbons (Fsp3) is 0.452. The molecule has 250 valence electrons. The summed E-state index contributed by atoms with van der Waals surface area (Å²) >= 11 is 1.32. The molecule has 0 bridgehead atoms. The molecule has 0 saturated carbocycles. The van der Waals surface area contributed by atoms with Gasteiger partial charge in [0.05, 0.1) is 15.9 Å². The molecule has 11 nitrogen and oxygen atoms in total. The second-order valence-corrected chi connectivity index (χ2v) is 14.0. The van der Waals surface area contributed by atoms with Crippen LogP contribution in [0.1, 0.15) is 62.3 Å². The summed E-state index contributed by atoms with van der Waals surface area (Å²) in [4.78, 5) is 29.5. The molecular formula is C31H47N5O6S3. The highest BCUT2D eigenvalue weighted by Crippen LogP contribution is 2.37. The molecule has 1 atom stereocenters. The van der Waals surface area contributed by atoms with Gasteiger partial charge >= 0.3 is 12.2 Å². The Morgan fingerprint density at radius 2 is 1.69 bits per heavy atom. The van der Waals surface area contributed by atoms with E-state index in [0.29, 0.717) is 26.8 Å². The second kappa shape index (κ2) is 16.9. The fourth-order valence-electron chi connectivity index (χ4n) is 4.30. The summed E-state index contributed by atoms with van der Waals surface area (Å²) in [6, 6.07) is 11.9. The third kappa shape index (κ3) is 11.6. The molecular weight excluding hydrogens is 635 g/mol. The second-order valence-electron chi connectivity index (χ2n) is 11.3. The molecule has 14 heteroatoms. The Kier molecular flexibility index (Phi) is 15.0. The molecule has 1 fully saturated rings. The van der Waals surface area contributed by atoms with Gasteiger partial charge in [0.25, 0.3) is 0 Å². The molecule has 1 aliphatic heterocycles. The molecule has 1 saturated heterocycles. The van der Waals surface area contributed by atoms with E-state index in [1.165, 1.54) is 17.4 Å². The van der Waals surface area contributed by atoms with Crippen LogP contribution in [-0.4, -0.2) is 56.4 Å². The van der Waals surface area contributed by atoms with E-state index in [0.717, 1.165) is 24.9 Å². The first-order chi connectivity index (χ1) is 19.8. The number of carbonyl (C=O) groups is 2. The highest BCUT2D eigenvalue weighted by atomic mass is 32.2. The minimum Gasteiger partial charge on any atom is -0.448 e. The van der Waals surface area contributed by atoms with Gasteiger partial charge in [-0.3, -0.25) is 10.6 Å². The summed E-state index contributed by atoms with van der Waals surface area (Å²) in [6.45, 7) is 9.95. The number of thiazole rings is 1. The first-order valence-electron chi connectivity index (χ1n) is 13.7. The molecule has 3 aromatic rings. The van der Waals surface area contributed by atoms with Crippen molar-refractivity contribution < 1.29 is 27.5 Å². The molecule has 4 N–H and O–H groups in total. The summed E-state index contributed by atoms with van der Waals surface area (Å²) in [5.74, 6) is 0. The largest absolute Gasteiger partial charge is 0.448 e. The average molecular weight is 682 g/mol. The summed E-state index contributed by atoms with van der Waals surface area (Å²) in [5.41, 5.74) is 1.37. The summed E-state index contributed by atoms with van der Waals surface area (Å²) < 4.78 is 40.2. The Morgan fingerprint density at radius 3 is 2.29 bits per heavy atom. The van der Waals surface area contributed by atoms with Crippen molar-refractivity contribution in [3.8, 4) is 21.0 Å². The van der Waals surface area contributed by atoms with Crippen molar-refractivity contribution >= 4 is 58.4 Å². The van der Waals surface area contributed by atoms with Gasteiger partial charge in [-0.25, -0.2) is 27.7 Å². The van der Waals surface area contributed by atoms with Crippen LogP contribution in [0.25, 0.3) is 21.0 Å². The van der Waals surface area contributed by atoms with Crippen molar-refractivity contribution in [1.82, 2.24) is 15.0 Å². The molecule has 45 heavy (non-hydrogen) atoms. The number of amides is 2. The minimum absolute atomic E-state index is 0. The topological polar surface area (TPSA) is 148 Å². The Morgan fingerprint density at radius 1 is 1.04 bits per heavy atom. The van der Waals surface area contributed by atoms with E-state index >= 15 is 0 Å². The Bertz CT molecular complexity index is 1510. The van der Waals surface area contributed by atoms with Gasteiger partial charge in [-0.1, -0.05) is 20.9 Å². The number of hydrogen-bond acceptors (Lipinski definition) is 9. The van der Waals surface area contributed by atoms with E-state index in [1.54, 1.807) is 65.1 Å². The van der Waals surface area contributed by atoms with Crippen LogP contribution in [-0.2, 0) is 19.5 Å². The lowest BCUT2D eigenvalue weighted by atomic mass is 10.1. The molecule has 1 aromatic heterocycles. The Hall–Kier alpha value is -3.17. The summed E-state index contributed by atoms with van der Waals surface area (Å²) in [6.07, 6.45) is 2.17. The van der Waals surface area contributed by atoms with Gasteiger partial charge in [0, 0.05) is 40.3 Å². The molecule has 2 amide bonds. The Labute approximate surface area is 278 Å². The van der Waals surface area contributed by atoms with Crippen LogP contribution in [0, 0.1) is 0 Å². The first-order valence-corrected chi connectivity index (χ1v) is 16.0. The van der Waals surface area contributed by atoms with Crippen molar-refractivity contribution in [2.75, 3.05) is 23.8 Å². The van der Waals surface area contributed by atoms with Crippen LogP contribution in [0.2, 0.25) is 0 Å². The third-order valence-electron chi connectivity index (χ3n) is 6.03. The van der Waals surface area contributed by atoms with E-state index in [1.807, 2.05) is 12.1 Å². The molecule has 2 heterocycles. The lowest BCUT2D eigenvalue weighted by Gasteiger charge is -2.22. The van der Waals surface area contributed by atoms with Crippen molar-refractivity contribution in [1.29, 1.82) is 0 Å². The molecule has 2 aromatic carbocycles. The first kappa shape index (κ1) is 39.9. The van der Waals surface area contributed by atoms with Crippen molar-refractivity contribution in [2.45, 2.75) is 84.9 Å². The SMILES string of the molecule is C.C.CC(C)OC(=O)Nc1ccc(-c2ncc(-c3ccc(NC(=O)OC[C@@H]4CCCN4)cc3S(=O)(=O)NC(C)(C)C)s2)cc1.S. The maximum atomic E-state index is 13.5. The molecule has 1 aliphatic rings. The smallest absolute Gasteiger partial charge is 0.411 e. The number of carbonyl (C=O) groups excluding carboxylic acids is 2. The fourth-order valence-corrected chi connectivity index (χ4v) is 6.99. The zero-order valence-electron chi connectivity index (χ0n) is 24.8. The number of anilines is 2. The average Bonchev–Trinajstić information content (AvgIpc) is 3.59. The number of ether oxygens (including phenoxy) is 2.